The fourth-order valence-corrected chi connectivity index (χ4v) is 3.43. The normalized spacial score (nSPS) is 16.4. The van der Waals surface area contributed by atoms with Crippen LogP contribution in [0.5, 0.6) is 5.88 Å². The summed E-state index contributed by atoms with van der Waals surface area (Å²) in [6, 6.07) is 3.26. The Morgan fingerprint density at radius 2 is 1.97 bits per heavy atom. The van der Waals surface area contributed by atoms with Crippen LogP contribution in [0.2, 0.25) is 0 Å². The molecule has 2 aromatic heterocycles. The molecule has 1 saturated heterocycles. The second-order valence-electron chi connectivity index (χ2n) is 7.48. The second kappa shape index (κ2) is 10.8. The van der Waals surface area contributed by atoms with Crippen molar-refractivity contribution in [3.8, 4) is 5.88 Å². The Hall–Kier alpha value is -3.57. The molecule has 3 heterocycles. The number of nitrogens with two attached hydrogens (primary N) is 2. The van der Waals surface area contributed by atoms with Crippen LogP contribution < -0.4 is 21.5 Å². The Bertz CT molecular complexity index is 1070. The van der Waals surface area contributed by atoms with Gasteiger partial charge < -0.3 is 26.3 Å². The Labute approximate surface area is 192 Å². The molecule has 0 bridgehead atoms. The number of morpholine rings is 1. The monoisotopic (exact) mass is 456 g/mol. The maximum Gasteiger partial charge on any atom is 0.250 e. The number of aromatic nitrogens is 2. The minimum atomic E-state index is -0.604. The number of nitrogens with zero attached hydrogens (tertiary/aromatic N) is 5. The molecular weight excluding hydrogens is 427 g/mol. The fraction of sp³-hybridized carbons (Fsp3) is 0.364. The van der Waals surface area contributed by atoms with E-state index >= 15 is 0 Å². The van der Waals surface area contributed by atoms with Crippen LogP contribution in [-0.2, 0) is 4.74 Å². The largest absolute Gasteiger partial charge is 0.479 e. The maximum absolute atomic E-state index is 14.1. The van der Waals surface area contributed by atoms with Crippen LogP contribution in [0.15, 0.2) is 46.9 Å². The van der Waals surface area contributed by atoms with Crippen LogP contribution >= 0.6 is 0 Å². The summed E-state index contributed by atoms with van der Waals surface area (Å²) in [4.78, 5) is 19.1. The highest BCUT2D eigenvalue weighted by atomic mass is 19.1. The van der Waals surface area contributed by atoms with E-state index in [0.29, 0.717) is 36.1 Å². The molecule has 10 nitrogen and oxygen atoms in total. The third-order valence-corrected chi connectivity index (χ3v) is 5.11. The summed E-state index contributed by atoms with van der Waals surface area (Å²) in [6.45, 7) is 10.3. The molecule has 176 valence electrons. The van der Waals surface area contributed by atoms with Crippen LogP contribution in [0.25, 0.3) is 0 Å². The van der Waals surface area contributed by atoms with Gasteiger partial charge >= 0.3 is 0 Å². The predicted molar refractivity (Wildman–Crippen MR) is 126 cm³/mol. The molecule has 1 aliphatic heterocycles. The number of amidine groups is 2. The zero-order valence-electron chi connectivity index (χ0n) is 19.0. The van der Waals surface area contributed by atoms with Crippen molar-refractivity contribution in [2.45, 2.75) is 19.9 Å². The van der Waals surface area contributed by atoms with Gasteiger partial charge in [-0.2, -0.15) is 0 Å². The summed E-state index contributed by atoms with van der Waals surface area (Å²) in [7, 11) is 1.35. The van der Waals surface area contributed by atoms with Gasteiger partial charge in [0.25, 0.3) is 0 Å². The molecule has 2 aromatic rings. The van der Waals surface area contributed by atoms with Gasteiger partial charge in [0.15, 0.2) is 5.82 Å². The van der Waals surface area contributed by atoms with Crippen molar-refractivity contribution in [2.75, 3.05) is 38.7 Å². The number of hydrogen-bond acceptors (Lipinski definition) is 8. The molecule has 0 radical (unpaired) electrons. The van der Waals surface area contributed by atoms with E-state index < -0.39 is 5.82 Å². The van der Waals surface area contributed by atoms with Crippen LogP contribution in [-0.4, -0.2) is 60.0 Å². The van der Waals surface area contributed by atoms with Gasteiger partial charge in [-0.25, -0.2) is 24.3 Å². The first-order valence-electron chi connectivity index (χ1n) is 10.4. The first-order chi connectivity index (χ1) is 15.8. The van der Waals surface area contributed by atoms with Gasteiger partial charge in [-0.05, 0) is 25.5 Å². The molecule has 0 unspecified atom stereocenters. The van der Waals surface area contributed by atoms with Crippen molar-refractivity contribution in [3.05, 3.63) is 53.9 Å². The highest BCUT2D eigenvalue weighted by Crippen LogP contribution is 2.27. The van der Waals surface area contributed by atoms with Crippen molar-refractivity contribution < 1.29 is 13.9 Å². The van der Waals surface area contributed by atoms with Gasteiger partial charge in [-0.15, -0.1) is 0 Å². The molecule has 0 aromatic carbocycles. The Morgan fingerprint density at radius 3 is 2.61 bits per heavy atom. The number of hydrogen-bond donors (Lipinski definition) is 3. The summed E-state index contributed by atoms with van der Waals surface area (Å²) in [5.41, 5.74) is 13.7. The number of rotatable bonds is 7. The number of anilines is 2. The van der Waals surface area contributed by atoms with Crippen molar-refractivity contribution in [2.24, 2.45) is 21.5 Å². The van der Waals surface area contributed by atoms with Crippen LogP contribution in [0.3, 0.4) is 0 Å². The molecule has 5 N–H and O–H groups in total. The molecule has 1 atom stereocenters. The molecule has 11 heteroatoms. The Kier molecular flexibility index (Phi) is 7.91. The van der Waals surface area contributed by atoms with Crippen LogP contribution in [0.4, 0.5) is 15.9 Å². The summed E-state index contributed by atoms with van der Waals surface area (Å²) in [5, 5.41) is 3.06. The SMILES string of the molecule is C=C(N)/N=C(C)\N=C(/N)c1cc([C@H](C)N2CCOCC2)cnc1Nc1cnc(OC)c(F)c1. The highest BCUT2D eigenvalue weighted by molar-refractivity contribution is 6.08. The number of aliphatic imine (C=N–C) groups is 2. The van der Waals surface area contributed by atoms with Crippen molar-refractivity contribution >= 4 is 23.2 Å². The maximum atomic E-state index is 14.1. The molecule has 0 amide bonds. The van der Waals surface area contributed by atoms with E-state index in [4.69, 9.17) is 20.9 Å². The lowest BCUT2D eigenvalue weighted by atomic mass is 10.1. The summed E-state index contributed by atoms with van der Waals surface area (Å²) in [5.74, 6) is 0.321. The van der Waals surface area contributed by atoms with E-state index in [1.165, 1.54) is 19.4 Å². The van der Waals surface area contributed by atoms with Gasteiger partial charge in [0, 0.05) is 31.4 Å². The molecule has 1 fully saturated rings. The van der Waals surface area contributed by atoms with Crippen LogP contribution in [0, 0.1) is 5.82 Å². The summed E-state index contributed by atoms with van der Waals surface area (Å²) in [6.07, 6.45) is 3.20. The smallest absolute Gasteiger partial charge is 0.250 e. The summed E-state index contributed by atoms with van der Waals surface area (Å²) >= 11 is 0. The average Bonchev–Trinajstić information content (AvgIpc) is 2.79. The van der Waals surface area contributed by atoms with E-state index in [1.54, 1.807) is 13.1 Å². The first kappa shape index (κ1) is 24.1. The first-order valence-corrected chi connectivity index (χ1v) is 10.4. The molecule has 33 heavy (non-hydrogen) atoms. The molecule has 3 rings (SSSR count). The van der Waals surface area contributed by atoms with Gasteiger partial charge in [-0.1, -0.05) is 6.58 Å². The molecule has 1 aliphatic rings. The van der Waals surface area contributed by atoms with Gasteiger partial charge in [0.1, 0.15) is 23.3 Å². The summed E-state index contributed by atoms with van der Waals surface area (Å²) < 4.78 is 24.5. The standard InChI is InChI=1S/C22H29FN8O2/c1-13(31-5-7-33-8-6-31)16-9-18(20(25)29-15(3)28-14(2)24)21(26-11-16)30-17-10-19(23)22(32-4)27-12-17/h9-13H,2,5-8,24H2,1,3-4H3,(H,26,30)(H2,25,28,29)/t13-/m0/s1. The number of methoxy groups -OCH3 is 1. The van der Waals surface area contributed by atoms with Gasteiger partial charge in [-0.3, -0.25) is 4.90 Å². The van der Waals surface area contributed by atoms with Gasteiger partial charge in [0.05, 0.1) is 37.8 Å². The lowest BCUT2D eigenvalue weighted by Gasteiger charge is -2.32. The van der Waals surface area contributed by atoms with Crippen molar-refractivity contribution in [1.82, 2.24) is 14.9 Å². The third kappa shape index (κ3) is 6.24. The lowest BCUT2D eigenvalue weighted by Crippen LogP contribution is -2.38. The molecule has 0 aliphatic carbocycles. The minimum Gasteiger partial charge on any atom is -0.479 e. The third-order valence-electron chi connectivity index (χ3n) is 5.11. The lowest BCUT2D eigenvalue weighted by molar-refractivity contribution is 0.0198. The average molecular weight is 457 g/mol. The quantitative estimate of drug-likeness (QED) is 0.427. The van der Waals surface area contributed by atoms with Crippen molar-refractivity contribution in [3.63, 3.8) is 0 Å². The number of pyridine rings is 2. The molecule has 0 spiro atoms. The number of halogens is 1. The Morgan fingerprint density at radius 1 is 1.24 bits per heavy atom. The fourth-order valence-electron chi connectivity index (χ4n) is 3.43. The number of nitrogens with one attached hydrogen (secondary N) is 1. The van der Waals surface area contributed by atoms with E-state index in [0.717, 1.165) is 18.7 Å². The molecule has 0 saturated carbocycles. The zero-order valence-corrected chi connectivity index (χ0v) is 19.0. The van der Waals surface area contributed by atoms with Crippen molar-refractivity contribution in [1.29, 1.82) is 0 Å². The Balaban J connectivity index is 1.99. The predicted octanol–water partition coefficient (Wildman–Crippen LogP) is 2.31. The minimum absolute atomic E-state index is 0.0840. The van der Waals surface area contributed by atoms with Crippen LogP contribution in [0.1, 0.15) is 31.0 Å². The van der Waals surface area contributed by atoms with E-state index in [1.807, 2.05) is 6.07 Å². The second-order valence-corrected chi connectivity index (χ2v) is 7.48. The zero-order chi connectivity index (χ0) is 24.0. The molecular formula is C22H29FN8O2. The van der Waals surface area contributed by atoms with E-state index in [-0.39, 0.29) is 23.6 Å². The topological polar surface area (TPSA) is 136 Å². The van der Waals surface area contributed by atoms with E-state index in [2.05, 4.69) is 43.7 Å². The highest BCUT2D eigenvalue weighted by Gasteiger charge is 2.21. The van der Waals surface area contributed by atoms with E-state index in [9.17, 15) is 4.39 Å². The van der Waals surface area contributed by atoms with Gasteiger partial charge in [0.2, 0.25) is 5.88 Å². The number of ether oxygens (including phenoxy) is 2.